The summed E-state index contributed by atoms with van der Waals surface area (Å²) >= 11 is 0. The SMILES string of the molecule is O=C(CN1CCC(=NO)CC1)N1CCCCCC1. The van der Waals surface area contributed by atoms with E-state index in [1.165, 1.54) is 12.8 Å². The molecule has 2 saturated heterocycles. The van der Waals surface area contributed by atoms with Crippen molar-refractivity contribution in [1.82, 2.24) is 9.80 Å². The molecule has 0 aromatic heterocycles. The molecule has 5 nitrogen and oxygen atoms in total. The van der Waals surface area contributed by atoms with Gasteiger partial charge >= 0.3 is 0 Å². The Kier molecular flexibility index (Phi) is 4.99. The zero-order valence-corrected chi connectivity index (χ0v) is 11.0. The van der Waals surface area contributed by atoms with E-state index in [9.17, 15) is 4.79 Å². The maximum atomic E-state index is 12.2. The normalized spacial score (nSPS) is 22.7. The van der Waals surface area contributed by atoms with Gasteiger partial charge in [-0.3, -0.25) is 9.69 Å². The number of amides is 1. The first kappa shape index (κ1) is 13.3. The number of piperidine rings is 1. The number of likely N-dealkylation sites (tertiary alicyclic amines) is 2. The molecule has 0 unspecified atom stereocenters. The van der Waals surface area contributed by atoms with Crippen LogP contribution < -0.4 is 0 Å². The van der Waals surface area contributed by atoms with Gasteiger partial charge in [-0.05, 0) is 12.8 Å². The third-order valence-electron chi connectivity index (χ3n) is 3.89. The largest absolute Gasteiger partial charge is 0.411 e. The summed E-state index contributed by atoms with van der Waals surface area (Å²) in [5, 5.41) is 11.9. The van der Waals surface area contributed by atoms with Crippen LogP contribution in [0.15, 0.2) is 5.16 Å². The molecule has 2 heterocycles. The minimum Gasteiger partial charge on any atom is -0.411 e. The predicted molar refractivity (Wildman–Crippen MR) is 69.9 cm³/mol. The van der Waals surface area contributed by atoms with Gasteiger partial charge in [0.1, 0.15) is 0 Å². The summed E-state index contributed by atoms with van der Waals surface area (Å²) in [6, 6.07) is 0. The van der Waals surface area contributed by atoms with Crippen LogP contribution in [0, 0.1) is 0 Å². The molecule has 2 aliphatic rings. The fraction of sp³-hybridized carbons (Fsp3) is 0.846. The second-order valence-corrected chi connectivity index (χ2v) is 5.24. The lowest BCUT2D eigenvalue weighted by atomic mass is 10.1. The maximum absolute atomic E-state index is 12.2. The molecule has 0 aromatic rings. The monoisotopic (exact) mass is 253 g/mol. The van der Waals surface area contributed by atoms with E-state index in [4.69, 9.17) is 5.21 Å². The number of hydrogen-bond acceptors (Lipinski definition) is 4. The van der Waals surface area contributed by atoms with Crippen molar-refractivity contribution in [2.45, 2.75) is 38.5 Å². The van der Waals surface area contributed by atoms with Gasteiger partial charge in [-0.1, -0.05) is 18.0 Å². The van der Waals surface area contributed by atoms with E-state index in [-0.39, 0.29) is 5.91 Å². The Morgan fingerprint density at radius 1 is 1.06 bits per heavy atom. The highest BCUT2D eigenvalue weighted by atomic mass is 16.4. The summed E-state index contributed by atoms with van der Waals surface area (Å²) in [5.41, 5.74) is 0.855. The molecule has 0 radical (unpaired) electrons. The maximum Gasteiger partial charge on any atom is 0.236 e. The molecule has 0 aliphatic carbocycles. The van der Waals surface area contributed by atoms with Gasteiger partial charge in [0.2, 0.25) is 5.91 Å². The molecule has 2 fully saturated rings. The number of rotatable bonds is 2. The average molecular weight is 253 g/mol. The van der Waals surface area contributed by atoms with Gasteiger partial charge in [0, 0.05) is 39.0 Å². The van der Waals surface area contributed by atoms with Gasteiger partial charge in [-0.2, -0.15) is 0 Å². The van der Waals surface area contributed by atoms with Crippen LogP contribution >= 0.6 is 0 Å². The van der Waals surface area contributed by atoms with Crippen LogP contribution in [0.5, 0.6) is 0 Å². The Morgan fingerprint density at radius 2 is 1.67 bits per heavy atom. The molecule has 5 heteroatoms. The van der Waals surface area contributed by atoms with Gasteiger partial charge in [0.25, 0.3) is 0 Å². The first-order valence-corrected chi connectivity index (χ1v) is 6.99. The van der Waals surface area contributed by atoms with Gasteiger partial charge < -0.3 is 10.1 Å². The van der Waals surface area contributed by atoms with E-state index in [2.05, 4.69) is 10.1 Å². The Bertz CT molecular complexity index is 299. The van der Waals surface area contributed by atoms with Gasteiger partial charge in [0.05, 0.1) is 12.3 Å². The van der Waals surface area contributed by atoms with Crippen molar-refractivity contribution < 1.29 is 10.0 Å². The van der Waals surface area contributed by atoms with Crippen molar-refractivity contribution in [3.63, 3.8) is 0 Å². The molecule has 2 aliphatic heterocycles. The molecule has 1 amide bonds. The predicted octanol–water partition coefficient (Wildman–Crippen LogP) is 1.31. The van der Waals surface area contributed by atoms with E-state index in [1.54, 1.807) is 0 Å². The summed E-state index contributed by atoms with van der Waals surface area (Å²) in [5.74, 6) is 0.265. The second kappa shape index (κ2) is 6.73. The fourth-order valence-electron chi connectivity index (χ4n) is 2.68. The second-order valence-electron chi connectivity index (χ2n) is 5.24. The van der Waals surface area contributed by atoms with E-state index in [1.807, 2.05) is 4.90 Å². The van der Waals surface area contributed by atoms with Crippen LogP contribution in [0.4, 0.5) is 0 Å². The van der Waals surface area contributed by atoms with Crippen molar-refractivity contribution in [3.8, 4) is 0 Å². The van der Waals surface area contributed by atoms with E-state index < -0.39 is 0 Å². The van der Waals surface area contributed by atoms with Crippen LogP contribution in [0.2, 0.25) is 0 Å². The van der Waals surface area contributed by atoms with Gasteiger partial charge in [-0.25, -0.2) is 0 Å². The van der Waals surface area contributed by atoms with Crippen molar-refractivity contribution in [1.29, 1.82) is 0 Å². The average Bonchev–Trinajstić information content (AvgIpc) is 2.68. The highest BCUT2D eigenvalue weighted by molar-refractivity contribution is 5.85. The number of oxime groups is 1. The summed E-state index contributed by atoms with van der Waals surface area (Å²) in [7, 11) is 0. The lowest BCUT2D eigenvalue weighted by Gasteiger charge is -2.29. The zero-order valence-electron chi connectivity index (χ0n) is 11.0. The van der Waals surface area contributed by atoms with Gasteiger partial charge in [0.15, 0.2) is 0 Å². The minimum absolute atomic E-state index is 0.265. The molecular formula is C13H23N3O2. The van der Waals surface area contributed by atoms with Crippen LogP contribution in [-0.4, -0.2) is 59.3 Å². The van der Waals surface area contributed by atoms with Crippen molar-refractivity contribution in [2.75, 3.05) is 32.7 Å². The van der Waals surface area contributed by atoms with Crippen LogP contribution in [0.3, 0.4) is 0 Å². The van der Waals surface area contributed by atoms with Gasteiger partial charge in [-0.15, -0.1) is 0 Å². The van der Waals surface area contributed by atoms with E-state index >= 15 is 0 Å². The minimum atomic E-state index is 0.265. The summed E-state index contributed by atoms with van der Waals surface area (Å²) in [6.45, 7) is 4.04. The van der Waals surface area contributed by atoms with Crippen molar-refractivity contribution in [2.24, 2.45) is 5.16 Å². The Balaban J connectivity index is 1.76. The quantitative estimate of drug-likeness (QED) is 0.596. The molecule has 1 N–H and O–H groups in total. The molecule has 18 heavy (non-hydrogen) atoms. The van der Waals surface area contributed by atoms with Crippen molar-refractivity contribution in [3.05, 3.63) is 0 Å². The summed E-state index contributed by atoms with van der Waals surface area (Å²) in [6.07, 6.45) is 6.36. The van der Waals surface area contributed by atoms with E-state index in [0.717, 1.165) is 57.6 Å². The first-order chi connectivity index (χ1) is 8.79. The van der Waals surface area contributed by atoms with E-state index in [0.29, 0.717) is 6.54 Å². The number of nitrogens with zero attached hydrogens (tertiary/aromatic N) is 3. The molecule has 0 spiro atoms. The Morgan fingerprint density at radius 3 is 2.22 bits per heavy atom. The number of hydrogen-bond donors (Lipinski definition) is 1. The van der Waals surface area contributed by atoms with Crippen LogP contribution in [-0.2, 0) is 4.79 Å². The first-order valence-electron chi connectivity index (χ1n) is 6.99. The third-order valence-corrected chi connectivity index (χ3v) is 3.89. The molecule has 0 aromatic carbocycles. The molecular weight excluding hydrogens is 230 g/mol. The lowest BCUT2D eigenvalue weighted by Crippen LogP contribution is -2.43. The zero-order chi connectivity index (χ0) is 12.8. The molecule has 102 valence electrons. The third kappa shape index (κ3) is 3.70. The van der Waals surface area contributed by atoms with Crippen LogP contribution in [0.1, 0.15) is 38.5 Å². The molecule has 0 atom stereocenters. The lowest BCUT2D eigenvalue weighted by molar-refractivity contribution is -0.132. The van der Waals surface area contributed by atoms with Crippen molar-refractivity contribution >= 4 is 11.6 Å². The summed E-state index contributed by atoms with van der Waals surface area (Å²) in [4.78, 5) is 16.4. The highest BCUT2D eigenvalue weighted by Gasteiger charge is 2.21. The number of carbonyl (C=O) groups excluding carboxylic acids is 1. The Hall–Kier alpha value is -1.10. The highest BCUT2D eigenvalue weighted by Crippen LogP contribution is 2.12. The standard InChI is InChI=1S/C13H23N3O2/c17-13(16-7-3-1-2-4-8-16)11-15-9-5-12(14-18)6-10-15/h18H,1-11H2. The molecule has 0 bridgehead atoms. The fourth-order valence-corrected chi connectivity index (χ4v) is 2.68. The molecule has 2 rings (SSSR count). The van der Waals surface area contributed by atoms with Crippen LogP contribution in [0.25, 0.3) is 0 Å². The smallest absolute Gasteiger partial charge is 0.236 e. The Labute approximate surface area is 108 Å². The molecule has 0 saturated carbocycles. The number of carbonyl (C=O) groups is 1. The topological polar surface area (TPSA) is 56.1 Å². The summed E-state index contributed by atoms with van der Waals surface area (Å²) < 4.78 is 0.